The molecule has 2 heterocycles. The van der Waals surface area contributed by atoms with Crippen molar-refractivity contribution >= 4 is 11.4 Å². The molecule has 0 amide bonds. The van der Waals surface area contributed by atoms with Gasteiger partial charge in [0, 0.05) is 23.5 Å². The first-order chi connectivity index (χ1) is 12.2. The largest absolute Gasteiger partial charge is 0.497 e. The van der Waals surface area contributed by atoms with Crippen LogP contribution < -0.4 is 15.4 Å². The molecule has 2 aromatic carbocycles. The van der Waals surface area contributed by atoms with Crippen LogP contribution in [-0.2, 0) is 13.0 Å². The monoisotopic (exact) mass is 335 g/mol. The Morgan fingerprint density at radius 1 is 1.20 bits per heavy atom. The van der Waals surface area contributed by atoms with Crippen LogP contribution in [0.1, 0.15) is 17.7 Å². The maximum absolute atomic E-state index is 6.13. The zero-order valence-electron chi connectivity index (χ0n) is 14.2. The topological polar surface area (TPSA) is 64.5 Å². The Hall–Kier alpha value is -2.95. The number of ether oxygens (including phenoxy) is 1. The van der Waals surface area contributed by atoms with Gasteiger partial charge in [-0.1, -0.05) is 6.07 Å². The molecule has 0 unspecified atom stereocenters. The molecule has 0 bridgehead atoms. The number of hydrogen-bond donors (Lipinski definition) is 1. The van der Waals surface area contributed by atoms with Crippen molar-refractivity contribution in [3.63, 3.8) is 0 Å². The molecule has 0 aliphatic carbocycles. The number of nitrogen functional groups attached to an aromatic ring is 1. The van der Waals surface area contributed by atoms with Gasteiger partial charge in [0.15, 0.2) is 0 Å². The predicted molar refractivity (Wildman–Crippen MR) is 98.7 cm³/mol. The highest BCUT2D eigenvalue weighted by Gasteiger charge is 2.20. The number of fused-ring (bicyclic) bond motifs is 1. The van der Waals surface area contributed by atoms with E-state index in [9.17, 15) is 0 Å². The minimum absolute atomic E-state index is 0.627. The van der Waals surface area contributed by atoms with Gasteiger partial charge in [0.2, 0.25) is 5.89 Å². The van der Waals surface area contributed by atoms with Gasteiger partial charge in [-0.3, -0.25) is 0 Å². The van der Waals surface area contributed by atoms with Crippen LogP contribution >= 0.6 is 0 Å². The fraction of sp³-hybridized carbons (Fsp3) is 0.250. The zero-order valence-corrected chi connectivity index (χ0v) is 14.2. The SMILES string of the molecule is COc1ccc(-c2nc(CN3CCCc4c(N)cccc43)co2)cc1. The molecule has 4 rings (SSSR count). The van der Waals surface area contributed by atoms with E-state index in [0.29, 0.717) is 5.89 Å². The number of rotatable bonds is 4. The number of nitrogens with two attached hydrogens (primary N) is 1. The van der Waals surface area contributed by atoms with Crippen molar-refractivity contribution in [3.05, 3.63) is 60.0 Å². The second-order valence-corrected chi connectivity index (χ2v) is 6.24. The van der Waals surface area contributed by atoms with Crippen LogP contribution in [0.2, 0.25) is 0 Å². The molecule has 1 aliphatic rings. The van der Waals surface area contributed by atoms with E-state index in [-0.39, 0.29) is 0 Å². The molecule has 0 radical (unpaired) electrons. The Morgan fingerprint density at radius 3 is 2.84 bits per heavy atom. The Balaban J connectivity index is 1.55. The first-order valence-corrected chi connectivity index (χ1v) is 8.46. The Kier molecular flexibility index (Phi) is 4.06. The van der Waals surface area contributed by atoms with Gasteiger partial charge in [0.05, 0.1) is 19.3 Å². The van der Waals surface area contributed by atoms with Gasteiger partial charge in [-0.05, 0) is 54.8 Å². The number of methoxy groups -OCH3 is 1. The normalized spacial score (nSPS) is 13.6. The van der Waals surface area contributed by atoms with Gasteiger partial charge in [-0.2, -0.15) is 0 Å². The molecule has 0 saturated carbocycles. The van der Waals surface area contributed by atoms with Crippen molar-refractivity contribution in [3.8, 4) is 17.2 Å². The Morgan fingerprint density at radius 2 is 2.04 bits per heavy atom. The summed E-state index contributed by atoms with van der Waals surface area (Å²) in [6.07, 6.45) is 3.87. The van der Waals surface area contributed by atoms with E-state index in [0.717, 1.165) is 48.6 Å². The van der Waals surface area contributed by atoms with Crippen molar-refractivity contribution in [2.24, 2.45) is 0 Å². The fourth-order valence-corrected chi connectivity index (χ4v) is 3.33. The summed E-state index contributed by atoms with van der Waals surface area (Å²) in [6.45, 7) is 1.72. The van der Waals surface area contributed by atoms with Crippen LogP contribution in [-0.4, -0.2) is 18.6 Å². The number of anilines is 2. The average Bonchev–Trinajstić information content (AvgIpc) is 3.11. The van der Waals surface area contributed by atoms with E-state index in [2.05, 4.69) is 16.0 Å². The molecular weight excluding hydrogens is 314 g/mol. The number of aromatic nitrogens is 1. The summed E-state index contributed by atoms with van der Waals surface area (Å²) in [5.74, 6) is 1.44. The maximum atomic E-state index is 6.13. The van der Waals surface area contributed by atoms with Gasteiger partial charge < -0.3 is 19.8 Å². The third-order valence-corrected chi connectivity index (χ3v) is 4.62. The highest BCUT2D eigenvalue weighted by molar-refractivity contribution is 5.66. The molecule has 1 aliphatic heterocycles. The smallest absolute Gasteiger partial charge is 0.226 e. The van der Waals surface area contributed by atoms with E-state index in [1.54, 1.807) is 13.4 Å². The maximum Gasteiger partial charge on any atom is 0.226 e. The Bertz CT molecular complexity index is 871. The first-order valence-electron chi connectivity index (χ1n) is 8.46. The van der Waals surface area contributed by atoms with Crippen LogP contribution in [0.3, 0.4) is 0 Å². The van der Waals surface area contributed by atoms with Gasteiger partial charge in [-0.15, -0.1) is 0 Å². The number of benzene rings is 2. The number of nitrogens with zero attached hydrogens (tertiary/aromatic N) is 2. The summed E-state index contributed by atoms with van der Waals surface area (Å²) < 4.78 is 10.9. The molecule has 25 heavy (non-hydrogen) atoms. The fourth-order valence-electron chi connectivity index (χ4n) is 3.33. The van der Waals surface area contributed by atoms with E-state index in [1.807, 2.05) is 36.4 Å². The van der Waals surface area contributed by atoms with Crippen molar-refractivity contribution in [2.75, 3.05) is 24.3 Å². The van der Waals surface area contributed by atoms with E-state index >= 15 is 0 Å². The third kappa shape index (κ3) is 3.05. The molecule has 3 aromatic rings. The van der Waals surface area contributed by atoms with E-state index in [4.69, 9.17) is 14.9 Å². The molecular formula is C20H21N3O2. The highest BCUT2D eigenvalue weighted by atomic mass is 16.5. The molecule has 2 N–H and O–H groups in total. The summed E-state index contributed by atoms with van der Waals surface area (Å²) in [7, 11) is 1.65. The summed E-state index contributed by atoms with van der Waals surface area (Å²) in [5.41, 5.74) is 11.3. The predicted octanol–water partition coefficient (Wildman–Crippen LogP) is 3.89. The Labute approximate surface area is 147 Å². The van der Waals surface area contributed by atoms with E-state index in [1.165, 1.54) is 11.3 Å². The quantitative estimate of drug-likeness (QED) is 0.733. The van der Waals surface area contributed by atoms with Crippen molar-refractivity contribution in [2.45, 2.75) is 19.4 Å². The highest BCUT2D eigenvalue weighted by Crippen LogP contribution is 2.32. The molecule has 128 valence electrons. The lowest BCUT2D eigenvalue weighted by Gasteiger charge is -2.31. The van der Waals surface area contributed by atoms with Crippen LogP contribution in [0.5, 0.6) is 5.75 Å². The second kappa shape index (κ2) is 6.51. The molecule has 0 saturated heterocycles. The molecule has 5 heteroatoms. The van der Waals surface area contributed by atoms with Gasteiger partial charge in [0.25, 0.3) is 0 Å². The third-order valence-electron chi connectivity index (χ3n) is 4.62. The van der Waals surface area contributed by atoms with E-state index < -0.39 is 0 Å². The summed E-state index contributed by atoms with van der Waals surface area (Å²) >= 11 is 0. The van der Waals surface area contributed by atoms with Gasteiger partial charge >= 0.3 is 0 Å². The lowest BCUT2D eigenvalue weighted by Crippen LogP contribution is -2.29. The van der Waals surface area contributed by atoms with Crippen LogP contribution in [0.25, 0.3) is 11.5 Å². The average molecular weight is 335 g/mol. The lowest BCUT2D eigenvalue weighted by molar-refractivity contribution is 0.415. The molecule has 1 aromatic heterocycles. The summed E-state index contributed by atoms with van der Waals surface area (Å²) in [5, 5.41) is 0. The summed E-state index contributed by atoms with van der Waals surface area (Å²) in [4.78, 5) is 6.97. The van der Waals surface area contributed by atoms with Crippen LogP contribution in [0.4, 0.5) is 11.4 Å². The van der Waals surface area contributed by atoms with Crippen molar-refractivity contribution in [1.29, 1.82) is 0 Å². The van der Waals surface area contributed by atoms with Crippen molar-refractivity contribution in [1.82, 2.24) is 4.98 Å². The number of hydrogen-bond acceptors (Lipinski definition) is 5. The first kappa shape index (κ1) is 15.6. The molecule has 0 spiro atoms. The minimum atomic E-state index is 0.627. The van der Waals surface area contributed by atoms with Crippen LogP contribution in [0, 0.1) is 0 Å². The van der Waals surface area contributed by atoms with Gasteiger partial charge in [-0.25, -0.2) is 4.98 Å². The van der Waals surface area contributed by atoms with Crippen molar-refractivity contribution < 1.29 is 9.15 Å². The molecule has 0 atom stereocenters. The lowest BCUT2D eigenvalue weighted by atomic mass is 10.00. The summed E-state index contributed by atoms with van der Waals surface area (Å²) in [6, 6.07) is 13.8. The minimum Gasteiger partial charge on any atom is -0.497 e. The van der Waals surface area contributed by atoms with Crippen LogP contribution in [0.15, 0.2) is 53.1 Å². The second-order valence-electron chi connectivity index (χ2n) is 6.24. The molecule has 5 nitrogen and oxygen atoms in total. The molecule has 0 fully saturated rings. The number of oxazole rings is 1. The zero-order chi connectivity index (χ0) is 17.2. The van der Waals surface area contributed by atoms with Gasteiger partial charge in [0.1, 0.15) is 12.0 Å². The standard InChI is InChI=1S/C20H21N3O2/c1-24-16-9-7-14(8-10-16)20-22-15(13-25-20)12-23-11-3-4-17-18(21)5-2-6-19(17)23/h2,5-10,13H,3-4,11-12,21H2,1H3.